The predicted octanol–water partition coefficient (Wildman–Crippen LogP) is 5.79. The van der Waals surface area contributed by atoms with E-state index in [1.807, 2.05) is 48.5 Å². The Bertz CT molecular complexity index is 1050. The van der Waals surface area contributed by atoms with Crippen molar-refractivity contribution in [3.05, 3.63) is 82.3 Å². The van der Waals surface area contributed by atoms with Gasteiger partial charge in [-0.2, -0.15) is 0 Å². The van der Waals surface area contributed by atoms with Gasteiger partial charge in [-0.1, -0.05) is 35.3 Å². The molecule has 0 unspecified atom stereocenters. The predicted molar refractivity (Wildman–Crippen MR) is 106 cm³/mol. The molecule has 0 radical (unpaired) electrons. The van der Waals surface area contributed by atoms with Gasteiger partial charge in [0, 0.05) is 26.9 Å². The highest BCUT2D eigenvalue weighted by molar-refractivity contribution is 6.35. The van der Waals surface area contributed by atoms with E-state index in [9.17, 15) is 4.79 Å². The van der Waals surface area contributed by atoms with Crippen molar-refractivity contribution in [1.29, 1.82) is 0 Å². The number of hydrogen-bond donors (Lipinski definition) is 2. The molecule has 0 aliphatic rings. The molecule has 0 aliphatic heterocycles. The summed E-state index contributed by atoms with van der Waals surface area (Å²) in [5, 5.41) is 3.67. The van der Waals surface area contributed by atoms with E-state index >= 15 is 0 Å². The third kappa shape index (κ3) is 3.43. The van der Waals surface area contributed by atoms with E-state index in [-0.39, 0.29) is 5.91 Å². The first-order valence-corrected chi connectivity index (χ1v) is 8.67. The summed E-state index contributed by atoms with van der Waals surface area (Å²) in [5.74, 6) is 0.511. The molecule has 1 amide bonds. The Kier molecular flexibility index (Phi) is 4.37. The van der Waals surface area contributed by atoms with Crippen LogP contribution in [0.2, 0.25) is 10.0 Å². The van der Waals surface area contributed by atoms with E-state index in [1.54, 1.807) is 18.2 Å². The molecule has 6 heteroatoms. The highest BCUT2D eigenvalue weighted by Gasteiger charge is 2.09. The maximum atomic E-state index is 12.3. The van der Waals surface area contributed by atoms with Crippen molar-refractivity contribution in [1.82, 2.24) is 9.97 Å². The number of benzene rings is 3. The van der Waals surface area contributed by atoms with Gasteiger partial charge in [-0.15, -0.1) is 0 Å². The van der Waals surface area contributed by atoms with Crippen LogP contribution in [0.5, 0.6) is 0 Å². The van der Waals surface area contributed by atoms with Crippen LogP contribution >= 0.6 is 23.2 Å². The molecule has 1 aromatic heterocycles. The fourth-order valence-electron chi connectivity index (χ4n) is 2.69. The van der Waals surface area contributed by atoms with Crippen LogP contribution in [0, 0.1) is 0 Å². The molecule has 4 rings (SSSR count). The van der Waals surface area contributed by atoms with Gasteiger partial charge < -0.3 is 10.3 Å². The lowest BCUT2D eigenvalue weighted by atomic mass is 10.1. The third-order valence-electron chi connectivity index (χ3n) is 3.93. The molecule has 0 atom stereocenters. The minimum absolute atomic E-state index is 0.272. The molecule has 0 bridgehead atoms. The fourth-order valence-corrected chi connectivity index (χ4v) is 3.22. The average Bonchev–Trinajstić information content (AvgIpc) is 3.05. The molecule has 2 N–H and O–H groups in total. The number of rotatable bonds is 3. The van der Waals surface area contributed by atoms with Crippen molar-refractivity contribution >= 4 is 45.8 Å². The van der Waals surface area contributed by atoms with Crippen LogP contribution in [0.4, 0.5) is 5.69 Å². The summed E-state index contributed by atoms with van der Waals surface area (Å²) < 4.78 is 0. The van der Waals surface area contributed by atoms with Crippen molar-refractivity contribution in [3.63, 3.8) is 0 Å². The Balaban J connectivity index is 1.55. The minimum atomic E-state index is -0.272. The zero-order chi connectivity index (χ0) is 18.1. The van der Waals surface area contributed by atoms with Crippen LogP contribution in [-0.2, 0) is 0 Å². The van der Waals surface area contributed by atoms with Crippen LogP contribution in [0.1, 0.15) is 10.4 Å². The molecule has 0 aliphatic carbocycles. The molecular formula is C20H13Cl2N3O. The number of nitrogens with one attached hydrogen (secondary N) is 2. The second-order valence-corrected chi connectivity index (χ2v) is 6.67. The summed E-state index contributed by atoms with van der Waals surface area (Å²) in [7, 11) is 0. The zero-order valence-electron chi connectivity index (χ0n) is 13.5. The number of fused-ring (bicyclic) bond motifs is 1. The molecule has 0 saturated carbocycles. The smallest absolute Gasteiger partial charge is 0.255 e. The van der Waals surface area contributed by atoms with Crippen LogP contribution in [-0.4, -0.2) is 15.9 Å². The highest BCUT2D eigenvalue weighted by Crippen LogP contribution is 2.23. The third-order valence-corrected chi connectivity index (χ3v) is 4.37. The number of H-pyrrole nitrogens is 1. The summed E-state index contributed by atoms with van der Waals surface area (Å²) in [6.07, 6.45) is 0. The number of amides is 1. The molecule has 4 aromatic rings. The summed E-state index contributed by atoms with van der Waals surface area (Å²) in [6.45, 7) is 0. The van der Waals surface area contributed by atoms with Gasteiger partial charge >= 0.3 is 0 Å². The second-order valence-electron chi connectivity index (χ2n) is 5.79. The Labute approximate surface area is 159 Å². The van der Waals surface area contributed by atoms with E-state index in [4.69, 9.17) is 23.2 Å². The van der Waals surface area contributed by atoms with Crippen molar-refractivity contribution < 1.29 is 4.79 Å². The molecule has 128 valence electrons. The first-order chi connectivity index (χ1) is 12.6. The lowest BCUT2D eigenvalue weighted by Gasteiger charge is -2.07. The van der Waals surface area contributed by atoms with E-state index < -0.39 is 0 Å². The number of para-hydroxylation sites is 2. The molecule has 26 heavy (non-hydrogen) atoms. The molecule has 0 saturated heterocycles. The van der Waals surface area contributed by atoms with Crippen molar-refractivity contribution in [2.45, 2.75) is 0 Å². The maximum Gasteiger partial charge on any atom is 0.255 e. The maximum absolute atomic E-state index is 12.3. The van der Waals surface area contributed by atoms with Crippen LogP contribution in [0.15, 0.2) is 66.7 Å². The van der Waals surface area contributed by atoms with Gasteiger partial charge in [-0.3, -0.25) is 4.79 Å². The Hall–Kier alpha value is -2.82. The van der Waals surface area contributed by atoms with Crippen molar-refractivity contribution in [3.8, 4) is 11.4 Å². The molecule has 1 heterocycles. The number of imidazole rings is 1. The number of carbonyl (C=O) groups is 1. The fraction of sp³-hybridized carbons (Fsp3) is 0. The lowest BCUT2D eigenvalue weighted by Crippen LogP contribution is -2.11. The van der Waals surface area contributed by atoms with E-state index in [2.05, 4.69) is 15.3 Å². The standard InChI is InChI=1S/C20H13Cl2N3O/c21-14-9-13(10-15(22)11-14)20(26)23-16-7-5-12(6-8-16)19-24-17-3-1-2-4-18(17)25-19/h1-11H,(H,23,26)(H,24,25). The normalized spacial score (nSPS) is 10.8. The number of anilines is 1. The number of aromatic nitrogens is 2. The van der Waals surface area contributed by atoms with Crippen LogP contribution < -0.4 is 5.32 Å². The molecule has 0 spiro atoms. The number of hydrogen-bond acceptors (Lipinski definition) is 2. The number of aromatic amines is 1. The highest BCUT2D eigenvalue weighted by atomic mass is 35.5. The Morgan fingerprint density at radius 3 is 2.31 bits per heavy atom. The SMILES string of the molecule is O=C(Nc1ccc(-c2nc3ccccc3[nH]2)cc1)c1cc(Cl)cc(Cl)c1. The van der Waals surface area contributed by atoms with Crippen molar-refractivity contribution in [2.75, 3.05) is 5.32 Å². The number of nitrogens with zero attached hydrogens (tertiary/aromatic N) is 1. The summed E-state index contributed by atoms with van der Waals surface area (Å²) in [5.41, 5.74) is 3.91. The number of halogens is 2. The van der Waals surface area contributed by atoms with E-state index in [0.29, 0.717) is 21.3 Å². The average molecular weight is 382 g/mol. The van der Waals surface area contributed by atoms with Gasteiger partial charge in [0.05, 0.1) is 11.0 Å². The summed E-state index contributed by atoms with van der Waals surface area (Å²) in [4.78, 5) is 20.2. The summed E-state index contributed by atoms with van der Waals surface area (Å²) >= 11 is 11.9. The van der Waals surface area contributed by atoms with Crippen LogP contribution in [0.25, 0.3) is 22.4 Å². The number of carbonyl (C=O) groups excluding carboxylic acids is 1. The Morgan fingerprint density at radius 2 is 1.62 bits per heavy atom. The van der Waals surface area contributed by atoms with Gasteiger partial charge in [0.15, 0.2) is 0 Å². The molecular weight excluding hydrogens is 369 g/mol. The van der Waals surface area contributed by atoms with Gasteiger partial charge in [0.1, 0.15) is 5.82 Å². The molecule has 3 aromatic carbocycles. The van der Waals surface area contributed by atoms with Crippen molar-refractivity contribution in [2.24, 2.45) is 0 Å². The quantitative estimate of drug-likeness (QED) is 0.471. The zero-order valence-corrected chi connectivity index (χ0v) is 15.0. The van der Waals surface area contributed by atoms with Gasteiger partial charge in [0.2, 0.25) is 0 Å². The second kappa shape index (κ2) is 6.83. The molecule has 0 fully saturated rings. The van der Waals surface area contributed by atoms with Crippen LogP contribution in [0.3, 0.4) is 0 Å². The summed E-state index contributed by atoms with van der Waals surface area (Å²) in [6, 6.07) is 20.0. The monoisotopic (exact) mass is 381 g/mol. The molecule has 4 nitrogen and oxygen atoms in total. The minimum Gasteiger partial charge on any atom is -0.338 e. The van der Waals surface area contributed by atoms with E-state index in [1.165, 1.54) is 0 Å². The lowest BCUT2D eigenvalue weighted by molar-refractivity contribution is 0.102. The van der Waals surface area contributed by atoms with E-state index in [0.717, 1.165) is 22.4 Å². The Morgan fingerprint density at radius 1 is 0.923 bits per heavy atom. The largest absolute Gasteiger partial charge is 0.338 e. The topological polar surface area (TPSA) is 57.8 Å². The first kappa shape index (κ1) is 16.6. The first-order valence-electron chi connectivity index (χ1n) is 7.91. The van der Waals surface area contributed by atoms with Gasteiger partial charge in [-0.05, 0) is 54.6 Å². The van der Waals surface area contributed by atoms with Gasteiger partial charge in [0.25, 0.3) is 5.91 Å². The van der Waals surface area contributed by atoms with Gasteiger partial charge in [-0.25, -0.2) is 4.98 Å².